The van der Waals surface area contributed by atoms with E-state index in [9.17, 15) is 0 Å². The number of ether oxygens (including phenoxy) is 4. The molecule has 152 valence electrons. The molecule has 0 aromatic heterocycles. The van der Waals surface area contributed by atoms with Gasteiger partial charge in [-0.05, 0) is 0 Å². The summed E-state index contributed by atoms with van der Waals surface area (Å²) >= 11 is 0. The fourth-order valence-electron chi connectivity index (χ4n) is 4.24. The maximum Gasteiger partial charge on any atom is 0.131 e. The van der Waals surface area contributed by atoms with E-state index >= 15 is 0 Å². The number of nitrogens with zero attached hydrogens (tertiary/aromatic N) is 2. The smallest absolute Gasteiger partial charge is 0.131 e. The molecule has 0 atom stereocenters. The summed E-state index contributed by atoms with van der Waals surface area (Å²) in [7, 11) is 3.55. The van der Waals surface area contributed by atoms with Crippen molar-refractivity contribution in [2.24, 2.45) is 0 Å². The lowest BCUT2D eigenvalue weighted by molar-refractivity contribution is 0.0304. The van der Waals surface area contributed by atoms with Gasteiger partial charge in [-0.2, -0.15) is 0 Å². The van der Waals surface area contributed by atoms with E-state index in [1.807, 2.05) is 0 Å². The fourth-order valence-corrected chi connectivity index (χ4v) is 4.24. The molecule has 0 saturated carbocycles. The quantitative estimate of drug-likeness (QED) is 0.760. The molecule has 2 aliphatic rings. The molecule has 2 aliphatic heterocycles. The van der Waals surface area contributed by atoms with Crippen LogP contribution in [-0.4, -0.2) is 76.6 Å². The Morgan fingerprint density at radius 3 is 1.46 bits per heavy atom. The lowest BCUT2D eigenvalue weighted by Gasteiger charge is -2.32. The molecule has 0 aliphatic carbocycles. The molecule has 0 amide bonds. The van der Waals surface area contributed by atoms with Crippen molar-refractivity contribution in [2.45, 2.75) is 13.1 Å². The summed E-state index contributed by atoms with van der Waals surface area (Å²) in [6, 6.07) is 8.37. The van der Waals surface area contributed by atoms with Gasteiger partial charge in [-0.25, -0.2) is 0 Å². The largest absolute Gasteiger partial charge is 0.496 e. The molecule has 2 aromatic carbocycles. The predicted molar refractivity (Wildman–Crippen MR) is 109 cm³/mol. The predicted octanol–water partition coefficient (Wildman–Crippen LogP) is 2.52. The Morgan fingerprint density at radius 1 is 0.714 bits per heavy atom. The van der Waals surface area contributed by atoms with Crippen LogP contribution >= 0.6 is 0 Å². The van der Waals surface area contributed by atoms with E-state index in [0.717, 1.165) is 88.0 Å². The van der Waals surface area contributed by atoms with Crippen molar-refractivity contribution < 1.29 is 18.9 Å². The Morgan fingerprint density at radius 2 is 1.11 bits per heavy atom. The van der Waals surface area contributed by atoms with Gasteiger partial charge < -0.3 is 18.9 Å². The lowest BCUT2D eigenvalue weighted by Crippen LogP contribution is -2.37. The number of rotatable bonds is 6. The lowest BCUT2D eigenvalue weighted by atomic mass is 9.96. The van der Waals surface area contributed by atoms with Gasteiger partial charge in [0.25, 0.3) is 0 Å². The fraction of sp³-hybridized carbons (Fsp3) is 0.545. The van der Waals surface area contributed by atoms with Gasteiger partial charge in [0.2, 0.25) is 0 Å². The van der Waals surface area contributed by atoms with Crippen molar-refractivity contribution in [3.63, 3.8) is 0 Å². The molecular formula is C22H30N2O4. The van der Waals surface area contributed by atoms with Crippen LogP contribution in [0.15, 0.2) is 24.3 Å². The molecule has 28 heavy (non-hydrogen) atoms. The average molecular weight is 386 g/mol. The number of fused-ring (bicyclic) bond motifs is 1. The monoisotopic (exact) mass is 386 g/mol. The zero-order valence-electron chi connectivity index (χ0n) is 16.9. The van der Waals surface area contributed by atoms with Gasteiger partial charge in [0.1, 0.15) is 11.5 Å². The SMILES string of the molecule is COc1c(CN2CCOCC2)c(CN2CCOCC2)c(OC)c2ccccc12. The van der Waals surface area contributed by atoms with Crippen molar-refractivity contribution in [1.82, 2.24) is 9.80 Å². The first-order chi connectivity index (χ1) is 13.8. The molecule has 0 spiro atoms. The number of hydrogen-bond donors (Lipinski definition) is 0. The molecule has 4 rings (SSSR count). The van der Waals surface area contributed by atoms with Gasteiger partial charge in [-0.3, -0.25) is 9.80 Å². The van der Waals surface area contributed by atoms with E-state index in [1.54, 1.807) is 14.2 Å². The van der Waals surface area contributed by atoms with Crippen LogP contribution in [0.25, 0.3) is 10.8 Å². The van der Waals surface area contributed by atoms with Gasteiger partial charge in [-0.1, -0.05) is 24.3 Å². The van der Waals surface area contributed by atoms with Gasteiger partial charge in [0.05, 0.1) is 40.6 Å². The van der Waals surface area contributed by atoms with Crippen molar-refractivity contribution in [3.05, 3.63) is 35.4 Å². The number of methoxy groups -OCH3 is 2. The van der Waals surface area contributed by atoms with Gasteiger partial charge in [-0.15, -0.1) is 0 Å². The minimum atomic E-state index is 0.784. The Balaban J connectivity index is 1.82. The van der Waals surface area contributed by atoms with Crippen LogP contribution in [0.3, 0.4) is 0 Å². The van der Waals surface area contributed by atoms with Gasteiger partial charge in [0, 0.05) is 61.2 Å². The number of hydrogen-bond acceptors (Lipinski definition) is 6. The molecule has 6 nitrogen and oxygen atoms in total. The van der Waals surface area contributed by atoms with Crippen LogP contribution < -0.4 is 9.47 Å². The van der Waals surface area contributed by atoms with Crippen LogP contribution in [0.2, 0.25) is 0 Å². The highest BCUT2D eigenvalue weighted by Gasteiger charge is 2.25. The molecule has 2 fully saturated rings. The minimum absolute atomic E-state index is 0.784. The summed E-state index contributed by atoms with van der Waals surface area (Å²) in [5, 5.41) is 2.21. The first kappa shape index (κ1) is 19.5. The molecule has 6 heteroatoms. The molecule has 0 N–H and O–H groups in total. The highest BCUT2D eigenvalue weighted by molar-refractivity contribution is 5.96. The van der Waals surface area contributed by atoms with E-state index in [4.69, 9.17) is 18.9 Å². The van der Waals surface area contributed by atoms with E-state index < -0.39 is 0 Å². The van der Waals surface area contributed by atoms with Crippen molar-refractivity contribution in [3.8, 4) is 11.5 Å². The summed E-state index contributed by atoms with van der Waals surface area (Å²) in [5.41, 5.74) is 2.46. The standard InChI is InChI=1S/C22H30N2O4/c1-25-21-17-5-3-4-6-18(17)22(26-2)20(16-24-9-13-28-14-10-24)19(21)15-23-7-11-27-12-8-23/h3-6H,7-16H2,1-2H3. The Labute approximate surface area is 166 Å². The average Bonchev–Trinajstić information content (AvgIpc) is 2.75. The second-order valence-electron chi connectivity index (χ2n) is 7.35. The van der Waals surface area contributed by atoms with E-state index in [-0.39, 0.29) is 0 Å². The normalized spacial score (nSPS) is 19.1. The van der Waals surface area contributed by atoms with Crippen LogP contribution in [0.1, 0.15) is 11.1 Å². The zero-order valence-corrected chi connectivity index (χ0v) is 16.9. The van der Waals surface area contributed by atoms with Crippen molar-refractivity contribution in [1.29, 1.82) is 0 Å². The zero-order chi connectivity index (χ0) is 19.3. The Hall–Kier alpha value is -1.86. The molecule has 2 heterocycles. The first-order valence-electron chi connectivity index (χ1n) is 10.1. The van der Waals surface area contributed by atoms with Crippen molar-refractivity contribution in [2.75, 3.05) is 66.8 Å². The highest BCUT2D eigenvalue weighted by Crippen LogP contribution is 2.42. The number of benzene rings is 2. The summed E-state index contributed by atoms with van der Waals surface area (Å²) in [4.78, 5) is 4.89. The minimum Gasteiger partial charge on any atom is -0.496 e. The second kappa shape index (κ2) is 9.09. The van der Waals surface area contributed by atoms with E-state index in [0.29, 0.717) is 0 Å². The van der Waals surface area contributed by atoms with Gasteiger partial charge >= 0.3 is 0 Å². The molecule has 2 saturated heterocycles. The second-order valence-corrected chi connectivity index (χ2v) is 7.35. The third kappa shape index (κ3) is 3.96. The van der Waals surface area contributed by atoms with E-state index in [1.165, 1.54) is 11.1 Å². The first-order valence-corrected chi connectivity index (χ1v) is 10.1. The Kier molecular flexibility index (Phi) is 6.32. The Bertz CT molecular complexity index is 732. The third-order valence-electron chi connectivity index (χ3n) is 5.71. The molecule has 0 unspecified atom stereocenters. The topological polar surface area (TPSA) is 43.4 Å². The van der Waals surface area contributed by atoms with Gasteiger partial charge in [0.15, 0.2) is 0 Å². The van der Waals surface area contributed by atoms with Crippen LogP contribution in [0, 0.1) is 0 Å². The summed E-state index contributed by atoms with van der Waals surface area (Å²) in [6.07, 6.45) is 0. The number of morpholine rings is 2. The van der Waals surface area contributed by atoms with Crippen LogP contribution in [-0.2, 0) is 22.6 Å². The van der Waals surface area contributed by atoms with Crippen molar-refractivity contribution >= 4 is 10.8 Å². The maximum absolute atomic E-state index is 5.97. The third-order valence-corrected chi connectivity index (χ3v) is 5.71. The van der Waals surface area contributed by atoms with E-state index in [2.05, 4.69) is 34.1 Å². The molecule has 0 bridgehead atoms. The molecular weight excluding hydrogens is 356 g/mol. The summed E-state index contributed by atoms with van der Waals surface area (Å²) in [5.74, 6) is 1.93. The summed E-state index contributed by atoms with van der Waals surface area (Å²) in [6.45, 7) is 8.57. The summed E-state index contributed by atoms with van der Waals surface area (Å²) < 4.78 is 23.0. The molecule has 0 radical (unpaired) electrons. The molecule has 2 aromatic rings. The van der Waals surface area contributed by atoms with Crippen LogP contribution in [0.5, 0.6) is 11.5 Å². The highest BCUT2D eigenvalue weighted by atomic mass is 16.5. The maximum atomic E-state index is 5.97. The van der Waals surface area contributed by atoms with Crippen LogP contribution in [0.4, 0.5) is 0 Å².